The topological polar surface area (TPSA) is 101 Å². The van der Waals surface area contributed by atoms with Crippen LogP contribution in [-0.2, 0) is 10.0 Å². The van der Waals surface area contributed by atoms with Gasteiger partial charge in [-0.3, -0.25) is 10.1 Å². The molecular weight excluding hydrogens is 374 g/mol. The number of nitrogens with zero attached hydrogens (tertiary/aromatic N) is 1. The van der Waals surface area contributed by atoms with E-state index >= 15 is 0 Å². The van der Waals surface area contributed by atoms with Crippen LogP contribution in [0.25, 0.3) is 0 Å². The van der Waals surface area contributed by atoms with Crippen LogP contribution in [0, 0.1) is 10.1 Å². The standard InChI is InChI=1S/C10H14BrN3O4S.ClH/c1-12-5-2-6-13-19(17,18)10-4-3-8(11)7-9(10)14(15)16;/h3-4,7,12-13H,2,5-6H2,1H3;1H. The molecule has 0 saturated carbocycles. The van der Waals surface area contributed by atoms with E-state index in [1.807, 2.05) is 0 Å². The van der Waals surface area contributed by atoms with Gasteiger partial charge in [0.2, 0.25) is 10.0 Å². The van der Waals surface area contributed by atoms with E-state index in [4.69, 9.17) is 0 Å². The molecule has 0 heterocycles. The molecule has 0 saturated heterocycles. The van der Waals surface area contributed by atoms with Crippen LogP contribution in [0.3, 0.4) is 0 Å². The number of hydrogen-bond acceptors (Lipinski definition) is 5. The number of benzene rings is 1. The Morgan fingerprint density at radius 3 is 2.55 bits per heavy atom. The fraction of sp³-hybridized carbons (Fsp3) is 0.400. The second kappa shape index (κ2) is 8.53. The maximum absolute atomic E-state index is 12.0. The summed E-state index contributed by atoms with van der Waals surface area (Å²) < 4.78 is 26.8. The first-order valence-corrected chi connectivity index (χ1v) is 7.74. The van der Waals surface area contributed by atoms with Crippen molar-refractivity contribution >= 4 is 44.0 Å². The molecule has 0 unspecified atom stereocenters. The van der Waals surface area contributed by atoms with Gasteiger partial charge in [0.1, 0.15) is 0 Å². The first kappa shape index (κ1) is 19.3. The van der Waals surface area contributed by atoms with E-state index in [-0.39, 0.29) is 23.8 Å². The number of hydrogen-bond donors (Lipinski definition) is 2. The van der Waals surface area contributed by atoms with E-state index in [0.29, 0.717) is 17.4 Å². The first-order valence-electron chi connectivity index (χ1n) is 5.46. The quantitative estimate of drug-likeness (QED) is 0.420. The fourth-order valence-electron chi connectivity index (χ4n) is 1.41. The zero-order chi connectivity index (χ0) is 14.5. The summed E-state index contributed by atoms with van der Waals surface area (Å²) in [6.07, 6.45) is 0.597. The lowest BCUT2D eigenvalue weighted by Crippen LogP contribution is -2.27. The third-order valence-electron chi connectivity index (χ3n) is 2.30. The van der Waals surface area contributed by atoms with E-state index in [1.54, 1.807) is 7.05 Å². The summed E-state index contributed by atoms with van der Waals surface area (Å²) in [6, 6.07) is 3.83. The largest absolute Gasteiger partial charge is 0.320 e. The van der Waals surface area contributed by atoms with Crippen molar-refractivity contribution < 1.29 is 13.3 Å². The average molecular weight is 389 g/mol. The first-order chi connectivity index (χ1) is 8.88. The summed E-state index contributed by atoms with van der Waals surface area (Å²) in [5.41, 5.74) is -0.449. The predicted molar refractivity (Wildman–Crippen MR) is 81.8 cm³/mol. The molecule has 0 aliphatic rings. The molecule has 10 heteroatoms. The highest BCUT2D eigenvalue weighted by molar-refractivity contribution is 9.10. The summed E-state index contributed by atoms with van der Waals surface area (Å²) >= 11 is 3.08. The van der Waals surface area contributed by atoms with E-state index in [9.17, 15) is 18.5 Å². The van der Waals surface area contributed by atoms with Gasteiger partial charge in [-0.1, -0.05) is 15.9 Å². The maximum Gasteiger partial charge on any atom is 0.290 e. The van der Waals surface area contributed by atoms with Gasteiger partial charge in [-0.2, -0.15) is 0 Å². The lowest BCUT2D eigenvalue weighted by atomic mass is 10.3. The van der Waals surface area contributed by atoms with Gasteiger partial charge in [0.15, 0.2) is 4.90 Å². The van der Waals surface area contributed by atoms with Gasteiger partial charge < -0.3 is 5.32 Å². The van der Waals surface area contributed by atoms with Crippen molar-refractivity contribution in [1.82, 2.24) is 10.0 Å². The number of sulfonamides is 1. The minimum Gasteiger partial charge on any atom is -0.320 e. The zero-order valence-electron chi connectivity index (χ0n) is 10.6. The summed E-state index contributed by atoms with van der Waals surface area (Å²) in [5, 5.41) is 13.8. The van der Waals surface area contributed by atoms with Gasteiger partial charge in [0, 0.05) is 17.1 Å². The number of nitro groups is 1. The Kier molecular flexibility index (Phi) is 8.21. The molecule has 0 aliphatic heterocycles. The van der Waals surface area contributed by atoms with E-state index in [1.165, 1.54) is 18.2 Å². The Balaban J connectivity index is 0.00000361. The molecule has 2 N–H and O–H groups in total. The van der Waals surface area contributed by atoms with Crippen molar-refractivity contribution in [2.45, 2.75) is 11.3 Å². The summed E-state index contributed by atoms with van der Waals surface area (Å²) in [5.74, 6) is 0. The van der Waals surface area contributed by atoms with Crippen LogP contribution >= 0.6 is 28.3 Å². The summed E-state index contributed by atoms with van der Waals surface area (Å²) in [6.45, 7) is 0.876. The van der Waals surface area contributed by atoms with Crippen LogP contribution in [0.2, 0.25) is 0 Å². The molecule has 0 aromatic heterocycles. The molecule has 0 atom stereocenters. The van der Waals surface area contributed by atoms with Crippen molar-refractivity contribution in [3.8, 4) is 0 Å². The third-order valence-corrected chi connectivity index (χ3v) is 4.30. The molecule has 7 nitrogen and oxygen atoms in total. The normalized spacial score (nSPS) is 10.9. The Morgan fingerprint density at radius 1 is 1.35 bits per heavy atom. The van der Waals surface area contributed by atoms with Crippen molar-refractivity contribution in [3.05, 3.63) is 32.8 Å². The van der Waals surface area contributed by atoms with Gasteiger partial charge in [-0.05, 0) is 32.1 Å². The van der Waals surface area contributed by atoms with Crippen LogP contribution in [0.1, 0.15) is 6.42 Å². The zero-order valence-corrected chi connectivity index (χ0v) is 13.8. The second-order valence-electron chi connectivity index (χ2n) is 3.72. The molecule has 0 spiro atoms. The number of halogens is 2. The molecule has 0 fully saturated rings. The third kappa shape index (κ3) is 5.33. The van der Waals surface area contributed by atoms with Crippen LogP contribution in [0.5, 0.6) is 0 Å². The van der Waals surface area contributed by atoms with Gasteiger partial charge >= 0.3 is 0 Å². The van der Waals surface area contributed by atoms with Crippen LogP contribution in [-0.4, -0.2) is 33.5 Å². The highest BCUT2D eigenvalue weighted by Crippen LogP contribution is 2.27. The number of nitro benzene ring substituents is 1. The Morgan fingerprint density at radius 2 is 2.00 bits per heavy atom. The number of nitrogens with one attached hydrogen (secondary N) is 2. The minimum absolute atomic E-state index is 0. The fourth-order valence-corrected chi connectivity index (χ4v) is 2.98. The highest BCUT2D eigenvalue weighted by Gasteiger charge is 2.25. The average Bonchev–Trinajstić information content (AvgIpc) is 2.34. The van der Waals surface area contributed by atoms with Crippen LogP contribution < -0.4 is 10.0 Å². The lowest BCUT2D eigenvalue weighted by molar-refractivity contribution is -0.387. The van der Waals surface area contributed by atoms with Crippen molar-refractivity contribution in [2.75, 3.05) is 20.1 Å². The smallest absolute Gasteiger partial charge is 0.290 e. The summed E-state index contributed by atoms with van der Waals surface area (Å²) in [4.78, 5) is 9.84. The van der Waals surface area contributed by atoms with Gasteiger partial charge in [-0.15, -0.1) is 12.4 Å². The van der Waals surface area contributed by atoms with Gasteiger partial charge in [-0.25, -0.2) is 13.1 Å². The molecule has 0 radical (unpaired) electrons. The van der Waals surface area contributed by atoms with Gasteiger partial charge in [0.25, 0.3) is 5.69 Å². The second-order valence-corrected chi connectivity index (χ2v) is 6.38. The van der Waals surface area contributed by atoms with E-state index in [2.05, 4.69) is 26.0 Å². The molecule has 0 bridgehead atoms. The monoisotopic (exact) mass is 387 g/mol. The van der Waals surface area contributed by atoms with E-state index < -0.39 is 20.6 Å². The molecule has 114 valence electrons. The Bertz CT molecular complexity index is 568. The van der Waals surface area contributed by atoms with E-state index in [0.717, 1.165) is 0 Å². The minimum atomic E-state index is -3.87. The van der Waals surface area contributed by atoms with Crippen LogP contribution in [0.4, 0.5) is 5.69 Å². The van der Waals surface area contributed by atoms with Crippen molar-refractivity contribution in [1.29, 1.82) is 0 Å². The number of rotatable bonds is 7. The Labute approximate surface area is 131 Å². The molecule has 1 aromatic rings. The SMILES string of the molecule is CNCCCNS(=O)(=O)c1ccc(Br)cc1[N+](=O)[O-].Cl. The Hall–Kier alpha value is -0.740. The molecule has 20 heavy (non-hydrogen) atoms. The predicted octanol–water partition coefficient (Wildman–Crippen LogP) is 1.67. The molecule has 0 amide bonds. The maximum atomic E-state index is 12.0. The summed E-state index contributed by atoms with van der Waals surface area (Å²) in [7, 11) is -2.12. The molecule has 1 aromatic carbocycles. The van der Waals surface area contributed by atoms with Crippen molar-refractivity contribution in [2.24, 2.45) is 0 Å². The highest BCUT2D eigenvalue weighted by atomic mass is 79.9. The molecule has 1 rings (SSSR count). The van der Waals surface area contributed by atoms with Gasteiger partial charge in [0.05, 0.1) is 4.92 Å². The van der Waals surface area contributed by atoms with Crippen LogP contribution in [0.15, 0.2) is 27.6 Å². The molecular formula is C10H15BrClN3O4S. The van der Waals surface area contributed by atoms with Crippen molar-refractivity contribution in [3.63, 3.8) is 0 Å². The molecule has 0 aliphatic carbocycles. The lowest BCUT2D eigenvalue weighted by Gasteiger charge is -2.07.